The Morgan fingerprint density at radius 3 is 2.09 bits per heavy atom. The predicted octanol–water partition coefficient (Wildman–Crippen LogP) is 11.7. The number of nitriles is 1. The fraction of sp³-hybridized carbons (Fsp3) is 0.400. The van der Waals surface area contributed by atoms with Crippen LogP contribution in [0.2, 0.25) is 0 Å². The first-order chi connectivity index (χ1) is 25.7. The van der Waals surface area contributed by atoms with Gasteiger partial charge in [-0.15, -0.1) is 0 Å². The number of nitrogens with one attached hydrogen (secondary N) is 3. The number of nitrogens with zero attached hydrogens (tertiary/aromatic N) is 1. The van der Waals surface area contributed by atoms with Gasteiger partial charge in [-0.1, -0.05) is 97.6 Å². The largest absolute Gasteiger partial charge is 0.506 e. The summed E-state index contributed by atoms with van der Waals surface area (Å²) < 4.78 is 13.0. The zero-order valence-corrected chi connectivity index (χ0v) is 33.1. The number of phenolic OH excluding ortho intramolecular Hbond substituents is 1. The number of aryl methyl sites for hydroxylation is 1. The molecule has 0 heterocycles. The molecule has 4 aromatic rings. The minimum Gasteiger partial charge on any atom is -0.506 e. The number of urea groups is 1. The summed E-state index contributed by atoms with van der Waals surface area (Å²) in [4.78, 5) is 27.2. The van der Waals surface area contributed by atoms with Crippen LogP contribution in [-0.2, 0) is 15.6 Å². The molecular weight excluding hydrogens is 677 g/mol. The third-order valence-electron chi connectivity index (χ3n) is 10.3. The van der Waals surface area contributed by atoms with Gasteiger partial charge in [0.1, 0.15) is 17.2 Å². The average molecular weight is 733 g/mol. The van der Waals surface area contributed by atoms with Crippen LogP contribution in [0.4, 0.5) is 21.9 Å². The Morgan fingerprint density at radius 1 is 0.778 bits per heavy atom. The predicted molar refractivity (Wildman–Crippen MR) is 218 cm³/mol. The molecule has 3 amide bonds. The van der Waals surface area contributed by atoms with Crippen molar-refractivity contribution in [3.63, 3.8) is 0 Å². The summed E-state index contributed by atoms with van der Waals surface area (Å²) in [6.45, 7) is 17.3. The van der Waals surface area contributed by atoms with Crippen LogP contribution < -0.4 is 25.4 Å². The SMILES string of the molecule is CCCCCCC(Oc1ccc(C(C)(C)CC)cc1C(C)(C)CC)C(=O)Nc1cc(O)c(NC(=O)Nc2ccc(C#N)cc2)cc1Oc1ccc(C)cc1. The van der Waals surface area contributed by atoms with Gasteiger partial charge >= 0.3 is 6.03 Å². The van der Waals surface area contributed by atoms with Gasteiger partial charge in [0.2, 0.25) is 0 Å². The molecule has 0 saturated heterocycles. The Labute approximate surface area is 321 Å². The second-order valence-corrected chi connectivity index (χ2v) is 15.2. The highest BCUT2D eigenvalue weighted by Crippen LogP contribution is 2.41. The first-order valence-electron chi connectivity index (χ1n) is 19.0. The van der Waals surface area contributed by atoms with Gasteiger partial charge in [0, 0.05) is 23.4 Å². The van der Waals surface area contributed by atoms with Crippen LogP contribution >= 0.6 is 0 Å². The number of carbonyl (C=O) groups is 2. The number of anilines is 3. The number of rotatable bonds is 17. The van der Waals surface area contributed by atoms with Crippen molar-refractivity contribution in [3.05, 3.63) is 101 Å². The molecule has 0 bridgehead atoms. The number of hydrogen-bond donors (Lipinski definition) is 4. The van der Waals surface area contributed by atoms with Crippen molar-refractivity contribution in [2.45, 2.75) is 117 Å². The first kappa shape index (κ1) is 41.3. The Morgan fingerprint density at radius 2 is 1.46 bits per heavy atom. The Hall–Kier alpha value is -5.49. The lowest BCUT2D eigenvalue weighted by atomic mass is 9.76. The smallest absolute Gasteiger partial charge is 0.323 e. The van der Waals surface area contributed by atoms with Gasteiger partial charge in [0.25, 0.3) is 5.91 Å². The third kappa shape index (κ3) is 11.0. The summed E-state index contributed by atoms with van der Waals surface area (Å²) >= 11 is 0. The van der Waals surface area contributed by atoms with Gasteiger partial charge in [-0.2, -0.15) is 5.26 Å². The number of hydrogen-bond acceptors (Lipinski definition) is 6. The quantitative estimate of drug-likeness (QED) is 0.0631. The Bertz CT molecular complexity index is 1930. The summed E-state index contributed by atoms with van der Waals surface area (Å²) in [5.74, 6) is 0.737. The molecule has 0 fully saturated rings. The van der Waals surface area contributed by atoms with Gasteiger partial charge in [-0.05, 0) is 91.5 Å². The van der Waals surface area contributed by atoms with Crippen molar-refractivity contribution < 1.29 is 24.2 Å². The molecule has 9 nitrogen and oxygen atoms in total. The van der Waals surface area contributed by atoms with E-state index in [2.05, 4.69) is 76.5 Å². The number of amides is 3. The lowest BCUT2D eigenvalue weighted by Crippen LogP contribution is -2.34. The van der Waals surface area contributed by atoms with E-state index in [1.807, 2.05) is 31.2 Å². The van der Waals surface area contributed by atoms with E-state index in [0.717, 1.165) is 49.7 Å². The van der Waals surface area contributed by atoms with Gasteiger partial charge in [-0.25, -0.2) is 4.79 Å². The van der Waals surface area contributed by atoms with Crippen LogP contribution in [0.1, 0.15) is 116 Å². The molecule has 9 heteroatoms. The molecule has 0 aliphatic rings. The minimum atomic E-state index is -0.830. The Balaban J connectivity index is 1.68. The fourth-order valence-corrected chi connectivity index (χ4v) is 5.84. The van der Waals surface area contributed by atoms with Crippen molar-refractivity contribution in [3.8, 4) is 29.1 Å². The molecule has 0 aliphatic heterocycles. The van der Waals surface area contributed by atoms with Crippen molar-refractivity contribution in [1.29, 1.82) is 5.26 Å². The highest BCUT2D eigenvalue weighted by atomic mass is 16.5. The molecular formula is C45H56N4O5. The third-order valence-corrected chi connectivity index (χ3v) is 10.3. The average Bonchev–Trinajstić information content (AvgIpc) is 3.15. The first-order valence-corrected chi connectivity index (χ1v) is 19.0. The Kier molecular flexibility index (Phi) is 14.1. The maximum atomic E-state index is 14.3. The number of aromatic hydroxyl groups is 1. The van der Waals surface area contributed by atoms with E-state index in [1.165, 1.54) is 17.7 Å². The summed E-state index contributed by atoms with van der Waals surface area (Å²) in [5.41, 5.74) is 4.32. The molecule has 4 N–H and O–H groups in total. The number of benzene rings is 4. The van der Waals surface area contributed by atoms with Crippen LogP contribution in [-0.4, -0.2) is 23.1 Å². The second-order valence-electron chi connectivity index (χ2n) is 15.2. The van der Waals surface area contributed by atoms with E-state index in [0.29, 0.717) is 29.2 Å². The molecule has 0 spiro atoms. The van der Waals surface area contributed by atoms with Crippen molar-refractivity contribution >= 4 is 29.0 Å². The van der Waals surface area contributed by atoms with E-state index in [1.54, 1.807) is 36.4 Å². The number of phenols is 1. The normalized spacial score (nSPS) is 12.0. The standard InChI is InChI=1S/C45H56N4O5/c1-9-12-13-14-15-40(54-39-25-20-32(44(5,6)10-2)26-35(39)45(7,8)11-3)42(51)48-37-27-38(50)36(28-41(37)53-34-23-16-30(4)17-24-34)49-43(52)47-33-21-18-31(29-46)19-22-33/h16-28,40,50H,9-15H2,1-8H3,(H,48,51)(H2,47,49,52). The van der Waals surface area contributed by atoms with Gasteiger partial charge in [0.15, 0.2) is 11.9 Å². The summed E-state index contributed by atoms with van der Waals surface area (Å²) in [6, 6.07) is 24.4. The minimum absolute atomic E-state index is 0.0186. The van der Waals surface area contributed by atoms with Crippen LogP contribution in [0.15, 0.2) is 78.9 Å². The summed E-state index contributed by atoms with van der Waals surface area (Å²) in [7, 11) is 0. The highest BCUT2D eigenvalue weighted by molar-refractivity contribution is 6.02. The molecule has 0 aromatic heterocycles. The summed E-state index contributed by atoms with van der Waals surface area (Å²) in [6.07, 6.45) is 5.42. The topological polar surface area (TPSA) is 133 Å². The van der Waals surface area contributed by atoms with Crippen LogP contribution in [0.25, 0.3) is 0 Å². The number of carbonyl (C=O) groups excluding carboxylic acids is 2. The van der Waals surface area contributed by atoms with E-state index < -0.39 is 12.1 Å². The molecule has 4 aromatic carbocycles. The lowest BCUT2D eigenvalue weighted by Gasteiger charge is -2.31. The van der Waals surface area contributed by atoms with Crippen molar-refractivity contribution in [2.75, 3.05) is 16.0 Å². The van der Waals surface area contributed by atoms with E-state index in [9.17, 15) is 14.7 Å². The maximum absolute atomic E-state index is 14.3. The molecule has 286 valence electrons. The van der Waals surface area contributed by atoms with E-state index >= 15 is 0 Å². The molecule has 0 saturated carbocycles. The van der Waals surface area contributed by atoms with Gasteiger partial charge < -0.3 is 30.5 Å². The molecule has 1 atom stereocenters. The monoisotopic (exact) mass is 732 g/mol. The van der Waals surface area contributed by atoms with Crippen molar-refractivity contribution in [2.24, 2.45) is 0 Å². The second kappa shape index (κ2) is 18.5. The maximum Gasteiger partial charge on any atom is 0.323 e. The van der Waals surface area contributed by atoms with Crippen molar-refractivity contribution in [1.82, 2.24) is 0 Å². The zero-order chi connectivity index (χ0) is 39.5. The molecule has 1 unspecified atom stereocenters. The lowest BCUT2D eigenvalue weighted by molar-refractivity contribution is -0.123. The number of ether oxygens (including phenoxy) is 2. The van der Waals surface area contributed by atoms with E-state index in [4.69, 9.17) is 14.7 Å². The van der Waals surface area contributed by atoms with Gasteiger partial charge in [0.05, 0.1) is 23.0 Å². The molecule has 0 radical (unpaired) electrons. The highest BCUT2D eigenvalue weighted by Gasteiger charge is 2.30. The fourth-order valence-electron chi connectivity index (χ4n) is 5.84. The molecule has 0 aliphatic carbocycles. The molecule has 54 heavy (non-hydrogen) atoms. The number of unbranched alkanes of at least 4 members (excludes halogenated alkanes) is 3. The van der Waals surface area contributed by atoms with E-state index in [-0.39, 0.29) is 39.6 Å². The van der Waals surface area contributed by atoms with Gasteiger partial charge in [-0.3, -0.25) is 4.79 Å². The zero-order valence-electron chi connectivity index (χ0n) is 33.1. The van der Waals surface area contributed by atoms with Crippen LogP contribution in [0.5, 0.6) is 23.0 Å². The van der Waals surface area contributed by atoms with Crippen LogP contribution in [0.3, 0.4) is 0 Å². The summed E-state index contributed by atoms with van der Waals surface area (Å²) in [5, 5.41) is 28.6. The van der Waals surface area contributed by atoms with Crippen LogP contribution in [0, 0.1) is 18.3 Å². The molecule has 4 rings (SSSR count).